The Kier molecular flexibility index (Phi) is 5.75. The Morgan fingerprint density at radius 1 is 0.900 bits per heavy atom. The molecule has 6 heteroatoms. The van der Waals surface area contributed by atoms with E-state index in [1.807, 2.05) is 54.6 Å². The average Bonchev–Trinajstić information content (AvgIpc) is 2.80. The van der Waals surface area contributed by atoms with Crippen LogP contribution in [0.1, 0.15) is 21.7 Å². The van der Waals surface area contributed by atoms with E-state index < -0.39 is 0 Å². The maximum Gasteiger partial charge on any atom is 0.255 e. The van der Waals surface area contributed by atoms with Crippen LogP contribution in [0.5, 0.6) is 0 Å². The van der Waals surface area contributed by atoms with Gasteiger partial charge in [-0.15, -0.1) is 0 Å². The molecule has 148 valence electrons. The molecule has 0 atom stereocenters. The second kappa shape index (κ2) is 8.96. The number of rotatable bonds is 6. The highest BCUT2D eigenvalue weighted by atomic mass is 16.1. The van der Waals surface area contributed by atoms with E-state index in [1.54, 1.807) is 30.7 Å². The number of para-hydroxylation sites is 2. The van der Waals surface area contributed by atoms with E-state index >= 15 is 0 Å². The van der Waals surface area contributed by atoms with Gasteiger partial charge in [-0.2, -0.15) is 0 Å². The molecule has 0 aliphatic rings. The van der Waals surface area contributed by atoms with Gasteiger partial charge in [-0.3, -0.25) is 9.78 Å². The van der Waals surface area contributed by atoms with Crippen LogP contribution in [0.15, 0.2) is 85.3 Å². The van der Waals surface area contributed by atoms with Crippen molar-refractivity contribution < 1.29 is 4.79 Å². The minimum absolute atomic E-state index is 0.188. The summed E-state index contributed by atoms with van der Waals surface area (Å²) in [6, 6.07) is 20.5. The molecule has 4 rings (SSSR count). The fraction of sp³-hybridized carbons (Fsp3) is 0.0833. The van der Waals surface area contributed by atoms with Crippen LogP contribution in [0.25, 0.3) is 11.3 Å². The molecule has 0 bridgehead atoms. The van der Waals surface area contributed by atoms with Gasteiger partial charge in [0.25, 0.3) is 5.91 Å². The number of pyridine rings is 1. The Hall–Kier alpha value is -4.06. The minimum Gasteiger partial charge on any atom is -0.397 e. The number of anilines is 2. The summed E-state index contributed by atoms with van der Waals surface area (Å²) >= 11 is 0. The first kappa shape index (κ1) is 19.3. The first-order valence-electron chi connectivity index (χ1n) is 9.66. The summed E-state index contributed by atoms with van der Waals surface area (Å²) in [5, 5.41) is 2.84. The fourth-order valence-electron chi connectivity index (χ4n) is 3.08. The van der Waals surface area contributed by atoms with E-state index in [9.17, 15) is 4.79 Å². The molecule has 0 aliphatic carbocycles. The molecule has 30 heavy (non-hydrogen) atoms. The van der Waals surface area contributed by atoms with Crippen LogP contribution in [0.3, 0.4) is 0 Å². The zero-order valence-electron chi connectivity index (χ0n) is 16.3. The number of aryl methyl sites for hydroxylation is 2. The second-order valence-electron chi connectivity index (χ2n) is 6.84. The highest BCUT2D eigenvalue weighted by Crippen LogP contribution is 2.18. The first-order chi connectivity index (χ1) is 14.7. The first-order valence-corrected chi connectivity index (χ1v) is 9.66. The summed E-state index contributed by atoms with van der Waals surface area (Å²) < 4.78 is 0. The summed E-state index contributed by atoms with van der Waals surface area (Å²) in [6.07, 6.45) is 6.79. The van der Waals surface area contributed by atoms with Crippen molar-refractivity contribution >= 4 is 17.3 Å². The number of hydrogen-bond donors (Lipinski definition) is 2. The molecule has 6 nitrogen and oxygen atoms in total. The van der Waals surface area contributed by atoms with Crippen LogP contribution in [0.2, 0.25) is 0 Å². The minimum atomic E-state index is -0.188. The summed E-state index contributed by atoms with van der Waals surface area (Å²) in [5.41, 5.74) is 10.6. The molecule has 4 aromatic rings. The molecule has 2 aromatic carbocycles. The lowest BCUT2D eigenvalue weighted by atomic mass is 10.1. The maximum absolute atomic E-state index is 12.4. The van der Waals surface area contributed by atoms with Gasteiger partial charge in [0.15, 0.2) is 0 Å². The molecule has 0 fully saturated rings. The Morgan fingerprint density at radius 3 is 2.50 bits per heavy atom. The molecule has 0 saturated carbocycles. The third-order valence-corrected chi connectivity index (χ3v) is 4.73. The SMILES string of the molecule is Nc1ccccc1NC(=O)c1ccc(CCc2nccc(-c3cccnc3)n2)cc1. The smallest absolute Gasteiger partial charge is 0.255 e. The van der Waals surface area contributed by atoms with Crippen molar-refractivity contribution in [2.24, 2.45) is 0 Å². The molecular weight excluding hydrogens is 374 g/mol. The molecular formula is C24H21N5O. The van der Waals surface area contributed by atoms with Crippen LogP contribution < -0.4 is 11.1 Å². The lowest BCUT2D eigenvalue weighted by molar-refractivity contribution is 0.102. The van der Waals surface area contributed by atoms with E-state index in [-0.39, 0.29) is 5.91 Å². The summed E-state index contributed by atoms with van der Waals surface area (Å²) in [4.78, 5) is 25.6. The van der Waals surface area contributed by atoms with Gasteiger partial charge in [-0.05, 0) is 54.4 Å². The molecule has 0 radical (unpaired) electrons. The molecule has 2 aromatic heterocycles. The van der Waals surface area contributed by atoms with E-state index in [2.05, 4.69) is 20.3 Å². The Morgan fingerprint density at radius 2 is 1.73 bits per heavy atom. The number of benzene rings is 2. The number of nitrogens with one attached hydrogen (secondary N) is 1. The zero-order chi connectivity index (χ0) is 20.8. The number of nitrogen functional groups attached to an aromatic ring is 1. The number of carbonyl (C=O) groups excluding carboxylic acids is 1. The van der Waals surface area contributed by atoms with E-state index in [0.29, 0.717) is 23.4 Å². The van der Waals surface area contributed by atoms with Crippen molar-refractivity contribution in [2.45, 2.75) is 12.8 Å². The number of carbonyl (C=O) groups is 1. The monoisotopic (exact) mass is 395 g/mol. The quantitative estimate of drug-likeness (QED) is 0.478. The topological polar surface area (TPSA) is 93.8 Å². The van der Waals surface area contributed by atoms with Gasteiger partial charge in [0, 0.05) is 36.1 Å². The summed E-state index contributed by atoms with van der Waals surface area (Å²) in [7, 11) is 0. The van der Waals surface area contributed by atoms with Gasteiger partial charge in [0.2, 0.25) is 0 Å². The van der Waals surface area contributed by atoms with Crippen molar-refractivity contribution in [1.29, 1.82) is 0 Å². The second-order valence-corrected chi connectivity index (χ2v) is 6.84. The Labute approximate surface area is 174 Å². The highest BCUT2D eigenvalue weighted by Gasteiger charge is 2.08. The van der Waals surface area contributed by atoms with Crippen LogP contribution in [-0.2, 0) is 12.8 Å². The van der Waals surface area contributed by atoms with Crippen molar-refractivity contribution in [3.8, 4) is 11.3 Å². The van der Waals surface area contributed by atoms with Gasteiger partial charge in [0.1, 0.15) is 5.82 Å². The van der Waals surface area contributed by atoms with Crippen molar-refractivity contribution in [2.75, 3.05) is 11.1 Å². The lowest BCUT2D eigenvalue weighted by Gasteiger charge is -2.08. The Balaban J connectivity index is 1.38. The number of nitrogens with zero attached hydrogens (tertiary/aromatic N) is 3. The molecule has 0 aliphatic heterocycles. The van der Waals surface area contributed by atoms with Gasteiger partial charge in [-0.1, -0.05) is 24.3 Å². The van der Waals surface area contributed by atoms with E-state index in [0.717, 1.165) is 29.1 Å². The van der Waals surface area contributed by atoms with Gasteiger partial charge in [-0.25, -0.2) is 9.97 Å². The van der Waals surface area contributed by atoms with Crippen molar-refractivity contribution in [3.63, 3.8) is 0 Å². The molecule has 1 amide bonds. The van der Waals surface area contributed by atoms with Crippen molar-refractivity contribution in [3.05, 3.63) is 102 Å². The van der Waals surface area contributed by atoms with Gasteiger partial charge >= 0.3 is 0 Å². The molecule has 0 saturated heterocycles. The third kappa shape index (κ3) is 4.67. The predicted molar refractivity (Wildman–Crippen MR) is 118 cm³/mol. The predicted octanol–water partition coefficient (Wildman–Crippen LogP) is 4.16. The zero-order valence-corrected chi connectivity index (χ0v) is 16.3. The van der Waals surface area contributed by atoms with Crippen LogP contribution in [0, 0.1) is 0 Å². The number of hydrogen-bond acceptors (Lipinski definition) is 5. The number of aromatic nitrogens is 3. The van der Waals surface area contributed by atoms with E-state index in [1.165, 1.54) is 0 Å². The summed E-state index contributed by atoms with van der Waals surface area (Å²) in [6.45, 7) is 0. The average molecular weight is 395 g/mol. The third-order valence-electron chi connectivity index (χ3n) is 4.73. The molecule has 0 unspecified atom stereocenters. The van der Waals surface area contributed by atoms with Crippen LogP contribution in [-0.4, -0.2) is 20.9 Å². The largest absolute Gasteiger partial charge is 0.397 e. The van der Waals surface area contributed by atoms with Crippen LogP contribution >= 0.6 is 0 Å². The molecule has 0 spiro atoms. The normalized spacial score (nSPS) is 10.5. The lowest BCUT2D eigenvalue weighted by Crippen LogP contribution is -2.13. The van der Waals surface area contributed by atoms with Gasteiger partial charge in [0.05, 0.1) is 17.1 Å². The summed E-state index contributed by atoms with van der Waals surface area (Å²) in [5.74, 6) is 0.588. The van der Waals surface area contributed by atoms with Crippen molar-refractivity contribution in [1.82, 2.24) is 15.0 Å². The van der Waals surface area contributed by atoms with Crippen LogP contribution in [0.4, 0.5) is 11.4 Å². The number of amides is 1. The molecule has 3 N–H and O–H groups in total. The molecule has 2 heterocycles. The standard InChI is InChI=1S/C24H21N5O/c25-20-5-1-2-6-22(20)29-24(30)18-10-7-17(8-11-18)9-12-23-27-15-13-21(28-23)19-4-3-14-26-16-19/h1-8,10-11,13-16H,9,12,25H2,(H,29,30). The Bertz CT molecular complexity index is 1140. The fourth-order valence-corrected chi connectivity index (χ4v) is 3.08. The number of nitrogens with two attached hydrogens (primary N) is 1. The van der Waals surface area contributed by atoms with Gasteiger partial charge < -0.3 is 11.1 Å². The highest BCUT2D eigenvalue weighted by molar-refractivity contribution is 6.05. The maximum atomic E-state index is 12.4. The van der Waals surface area contributed by atoms with E-state index in [4.69, 9.17) is 5.73 Å².